The number of hydrogen-bond acceptors (Lipinski definition) is 3. The number of ether oxygens (including phenoxy) is 3. The zero-order valence-corrected chi connectivity index (χ0v) is 11.9. The molecule has 1 aliphatic heterocycles. The highest BCUT2D eigenvalue weighted by molar-refractivity contribution is 9.09. The maximum atomic E-state index is 5.64. The Hall–Kier alpha value is 0.360. The molecule has 0 aromatic carbocycles. The summed E-state index contributed by atoms with van der Waals surface area (Å²) in [6.07, 6.45) is 5.04. The molecule has 1 saturated heterocycles. The third-order valence-electron chi connectivity index (χ3n) is 2.54. The molecule has 3 nitrogen and oxygen atoms in total. The van der Waals surface area contributed by atoms with Crippen LogP contribution in [0.5, 0.6) is 0 Å². The summed E-state index contributed by atoms with van der Waals surface area (Å²) in [6.45, 7) is 6.02. The molecule has 0 aromatic heterocycles. The first-order valence-corrected chi connectivity index (χ1v) is 7.22. The lowest BCUT2D eigenvalue weighted by atomic mass is 10.2. The molecule has 1 heterocycles. The van der Waals surface area contributed by atoms with E-state index in [1.165, 1.54) is 19.3 Å². The van der Waals surface area contributed by atoms with Crippen LogP contribution in [-0.2, 0) is 14.2 Å². The zero-order chi connectivity index (χ0) is 11.9. The van der Waals surface area contributed by atoms with E-state index >= 15 is 0 Å². The van der Waals surface area contributed by atoms with Gasteiger partial charge in [-0.2, -0.15) is 0 Å². The summed E-state index contributed by atoms with van der Waals surface area (Å²) in [5.41, 5.74) is 0. The van der Waals surface area contributed by atoms with Crippen LogP contribution in [0.15, 0.2) is 0 Å². The highest BCUT2D eigenvalue weighted by Crippen LogP contribution is 2.22. The average Bonchev–Trinajstić information content (AvgIpc) is 2.57. The summed E-state index contributed by atoms with van der Waals surface area (Å²) in [5, 5.41) is 1.11. The first-order chi connectivity index (χ1) is 7.64. The predicted molar refractivity (Wildman–Crippen MR) is 68.0 cm³/mol. The first kappa shape index (κ1) is 14.4. The van der Waals surface area contributed by atoms with Crippen molar-refractivity contribution in [1.29, 1.82) is 0 Å². The van der Waals surface area contributed by atoms with Crippen molar-refractivity contribution in [3.8, 4) is 0 Å². The summed E-state index contributed by atoms with van der Waals surface area (Å²) in [6, 6.07) is 0. The molecule has 0 aromatic rings. The Balaban J connectivity index is 1.88. The minimum atomic E-state index is -0.427. The second kappa shape index (κ2) is 7.64. The van der Waals surface area contributed by atoms with Crippen LogP contribution < -0.4 is 0 Å². The van der Waals surface area contributed by atoms with Gasteiger partial charge in [0.1, 0.15) is 6.10 Å². The molecule has 16 heavy (non-hydrogen) atoms. The van der Waals surface area contributed by atoms with E-state index in [1.54, 1.807) is 0 Å². The molecule has 0 radical (unpaired) electrons. The molecule has 0 bridgehead atoms. The summed E-state index contributed by atoms with van der Waals surface area (Å²) in [7, 11) is 0. The smallest absolute Gasteiger partial charge is 0.163 e. The molecule has 0 spiro atoms. The van der Waals surface area contributed by atoms with Gasteiger partial charge in [-0.25, -0.2) is 0 Å². The van der Waals surface area contributed by atoms with Gasteiger partial charge < -0.3 is 14.2 Å². The van der Waals surface area contributed by atoms with Crippen molar-refractivity contribution in [2.75, 3.05) is 25.2 Å². The summed E-state index contributed by atoms with van der Waals surface area (Å²) < 4.78 is 16.7. The van der Waals surface area contributed by atoms with Crippen molar-refractivity contribution in [3.05, 3.63) is 0 Å². The normalized spacial score (nSPS) is 23.8. The Morgan fingerprint density at radius 2 is 2.00 bits per heavy atom. The Morgan fingerprint density at radius 3 is 2.62 bits per heavy atom. The van der Waals surface area contributed by atoms with Crippen molar-refractivity contribution < 1.29 is 14.2 Å². The van der Waals surface area contributed by atoms with E-state index < -0.39 is 5.79 Å². The van der Waals surface area contributed by atoms with Crippen molar-refractivity contribution in [2.24, 2.45) is 0 Å². The van der Waals surface area contributed by atoms with E-state index in [-0.39, 0.29) is 6.10 Å². The lowest BCUT2D eigenvalue weighted by molar-refractivity contribution is -0.145. The largest absolute Gasteiger partial charge is 0.379 e. The van der Waals surface area contributed by atoms with Crippen LogP contribution in [0.2, 0.25) is 0 Å². The molecule has 4 heteroatoms. The van der Waals surface area contributed by atoms with E-state index in [4.69, 9.17) is 14.2 Å². The Kier molecular flexibility index (Phi) is 6.89. The minimum Gasteiger partial charge on any atom is -0.379 e. The van der Waals surface area contributed by atoms with Crippen LogP contribution >= 0.6 is 15.9 Å². The van der Waals surface area contributed by atoms with Gasteiger partial charge in [0.25, 0.3) is 0 Å². The van der Waals surface area contributed by atoms with Gasteiger partial charge in [-0.1, -0.05) is 28.8 Å². The van der Waals surface area contributed by atoms with Gasteiger partial charge in [-0.3, -0.25) is 0 Å². The second-order valence-electron chi connectivity index (χ2n) is 4.63. The number of halogens is 1. The van der Waals surface area contributed by atoms with E-state index in [0.29, 0.717) is 13.2 Å². The number of unbranched alkanes of at least 4 members (excludes halogenated alkanes) is 3. The van der Waals surface area contributed by atoms with Gasteiger partial charge in [-0.15, -0.1) is 0 Å². The fourth-order valence-electron chi connectivity index (χ4n) is 1.71. The predicted octanol–water partition coefficient (Wildman–Crippen LogP) is 3.11. The highest BCUT2D eigenvalue weighted by atomic mass is 79.9. The van der Waals surface area contributed by atoms with Crippen LogP contribution in [0.1, 0.15) is 39.5 Å². The van der Waals surface area contributed by atoms with Gasteiger partial charge in [0.2, 0.25) is 0 Å². The van der Waals surface area contributed by atoms with E-state index in [9.17, 15) is 0 Å². The van der Waals surface area contributed by atoms with Crippen molar-refractivity contribution in [2.45, 2.75) is 51.4 Å². The van der Waals surface area contributed by atoms with Crippen LogP contribution in [0.3, 0.4) is 0 Å². The molecule has 0 saturated carbocycles. The van der Waals surface area contributed by atoms with E-state index in [0.717, 1.165) is 18.4 Å². The second-order valence-corrected chi connectivity index (χ2v) is 5.42. The standard InChI is InChI=1S/C12H23BrO3/c1-12(2)15-10-11(16-12)9-14-8-6-4-3-5-7-13/h11H,3-10H2,1-2H3/t11-/m0/s1. The molecule has 0 aliphatic carbocycles. The Bertz CT molecular complexity index is 185. The highest BCUT2D eigenvalue weighted by Gasteiger charge is 2.32. The molecule has 0 N–H and O–H groups in total. The Labute approximate surface area is 107 Å². The lowest BCUT2D eigenvalue weighted by Gasteiger charge is -2.17. The average molecular weight is 295 g/mol. The topological polar surface area (TPSA) is 27.7 Å². The quantitative estimate of drug-likeness (QED) is 0.509. The fraction of sp³-hybridized carbons (Fsp3) is 1.00. The number of rotatable bonds is 8. The monoisotopic (exact) mass is 294 g/mol. The van der Waals surface area contributed by atoms with E-state index in [1.807, 2.05) is 13.8 Å². The van der Waals surface area contributed by atoms with Gasteiger partial charge in [-0.05, 0) is 26.7 Å². The Morgan fingerprint density at radius 1 is 1.25 bits per heavy atom. The third kappa shape index (κ3) is 6.18. The van der Waals surface area contributed by atoms with E-state index in [2.05, 4.69) is 15.9 Å². The summed E-state index contributed by atoms with van der Waals surface area (Å²) in [5.74, 6) is -0.427. The molecule has 1 aliphatic rings. The lowest BCUT2D eigenvalue weighted by Crippen LogP contribution is -2.24. The maximum absolute atomic E-state index is 5.64. The van der Waals surface area contributed by atoms with Crippen molar-refractivity contribution in [3.63, 3.8) is 0 Å². The molecule has 0 amide bonds. The number of hydrogen-bond donors (Lipinski definition) is 0. The zero-order valence-electron chi connectivity index (χ0n) is 10.3. The van der Waals surface area contributed by atoms with Crippen molar-refractivity contribution >= 4 is 15.9 Å². The van der Waals surface area contributed by atoms with Gasteiger partial charge in [0.15, 0.2) is 5.79 Å². The summed E-state index contributed by atoms with van der Waals surface area (Å²) in [4.78, 5) is 0. The van der Waals surface area contributed by atoms with Crippen LogP contribution in [0.4, 0.5) is 0 Å². The SMILES string of the molecule is CC1(C)OC[C@H](COCCCCCCBr)O1. The van der Waals surface area contributed by atoms with Crippen LogP contribution in [0, 0.1) is 0 Å². The maximum Gasteiger partial charge on any atom is 0.163 e. The first-order valence-electron chi connectivity index (χ1n) is 6.09. The molecule has 0 unspecified atom stereocenters. The third-order valence-corrected chi connectivity index (χ3v) is 3.10. The van der Waals surface area contributed by atoms with Crippen LogP contribution in [0.25, 0.3) is 0 Å². The van der Waals surface area contributed by atoms with Crippen LogP contribution in [-0.4, -0.2) is 37.0 Å². The van der Waals surface area contributed by atoms with Gasteiger partial charge in [0, 0.05) is 11.9 Å². The molecule has 1 fully saturated rings. The fourth-order valence-corrected chi connectivity index (χ4v) is 2.11. The molecular weight excluding hydrogens is 272 g/mol. The molecule has 96 valence electrons. The molecular formula is C12H23BrO3. The van der Waals surface area contributed by atoms with Gasteiger partial charge in [0.05, 0.1) is 13.2 Å². The molecule has 1 rings (SSSR count). The number of alkyl halides is 1. The minimum absolute atomic E-state index is 0.109. The van der Waals surface area contributed by atoms with Gasteiger partial charge >= 0.3 is 0 Å². The van der Waals surface area contributed by atoms with Crippen molar-refractivity contribution in [1.82, 2.24) is 0 Å². The molecule has 1 atom stereocenters. The summed E-state index contributed by atoms with van der Waals surface area (Å²) >= 11 is 3.43.